The molecular weight excluding hydrogens is 1470 g/mol. The van der Waals surface area contributed by atoms with E-state index in [9.17, 15) is 4.79 Å². The third-order valence-corrected chi connectivity index (χ3v) is 32.5. The van der Waals surface area contributed by atoms with Crippen molar-refractivity contribution in [2.24, 2.45) is 107 Å². The van der Waals surface area contributed by atoms with Crippen molar-refractivity contribution in [1.82, 2.24) is 0 Å². The molecule has 122 heavy (non-hydrogen) atoms. The minimum Gasteiger partial charge on any atom is -0.289 e. The lowest BCUT2D eigenvalue weighted by Gasteiger charge is -2.45. The molecule has 0 aromatic heterocycles. The van der Waals surface area contributed by atoms with Crippen LogP contribution in [0.2, 0.25) is 0 Å². The standard InChI is InChI=1S/C19H20O.C18H18.C16H30.C16H18.C14H16.C10H20.C10H14.C10H20.C8H16/c1-13-5-7-17(11-15(13)3)8-10-19(20)18-9-6-14(2)16(4)12-18;1-11-5-15-9-17-7-13(3)14(4)8-18(17)10-16(15)6-12(11)2;2*1-11-5-7-15(9-13(11)3)16-8-6-12(2)14(4)10-16;1-9-5-13-7-11(3)12(4)8-14(13)6-10(9)2;2*1-7-5-9(3)10(4)6-8(7)2;1-5-10-8(3)6-7(2)9(10)4;1-5-6(2)8(4)7(5)3/h5-12H,1-4H3;5-10H,1-4H3;11-16H,5-10H2,1-4H3;5-10H,1-4H3;5-8H,1-4H3;7-10H,5-6H2,1-4H3;5-6H,1-4H3;7-10H,5-6H2,1-4H3;5-8H,1-4H3. The summed E-state index contributed by atoms with van der Waals surface area (Å²) in [6, 6.07) is 52.7. The number of ketones is 1. The lowest BCUT2D eigenvalue weighted by molar-refractivity contribution is 0.0302. The van der Waals surface area contributed by atoms with Gasteiger partial charge in [-0.25, -0.2) is 0 Å². The highest BCUT2D eigenvalue weighted by atomic mass is 16.1. The molecule has 0 spiro atoms. The zero-order chi connectivity index (χ0) is 90.7. The summed E-state index contributed by atoms with van der Waals surface area (Å²) in [5.74, 6) is 17.8. The first-order chi connectivity index (χ1) is 57.3. The van der Waals surface area contributed by atoms with Gasteiger partial charge in [0.05, 0.1) is 0 Å². The van der Waals surface area contributed by atoms with E-state index in [1.54, 1.807) is 6.08 Å². The molecule has 14 atom stereocenters. The Hall–Kier alpha value is -7.61. The highest BCUT2D eigenvalue weighted by Gasteiger charge is 2.39. The molecule has 1 nitrogen and oxygen atoms in total. The predicted molar refractivity (Wildman–Crippen MR) is 544 cm³/mol. The molecule has 5 saturated carbocycles. The third-order valence-electron chi connectivity index (χ3n) is 32.5. The number of fused-ring (bicyclic) bond motifs is 3. The summed E-state index contributed by atoms with van der Waals surface area (Å²) in [5.41, 5.74) is 31.2. The van der Waals surface area contributed by atoms with Crippen molar-refractivity contribution in [3.8, 4) is 11.1 Å². The first-order valence-corrected chi connectivity index (χ1v) is 48.2. The molecule has 662 valence electrons. The molecular formula is C121H172O. The SMILES string of the molecule is CC1C(C)C(C)C1C.CC1CC(C)C(C)CC1C.CC1CCC(C2CCC(C)C(C)C2)CC1C.CCC1C(C)CC(C)C1C.Cc1cc(C)c(C)cc1C.Cc1cc2cc(C)c(C)cc2cc1C.Cc1cc2cc3cc(C)c(C)cc3cc2cc1C.Cc1ccc(-c2ccc(C)c(C)c2)cc1C.Cc1ccc(C=CC(=O)c2ccc(C)c(C)c2)cc1C. The molecule has 5 aliphatic carbocycles. The fraction of sp³-hybridized carbons (Fsp3) is 0.529. The molecule has 5 fully saturated rings. The zero-order valence-electron chi connectivity index (χ0n) is 84.4. The zero-order valence-corrected chi connectivity index (χ0v) is 84.4. The monoisotopic (exact) mass is 1640 g/mol. The van der Waals surface area contributed by atoms with Gasteiger partial charge in [-0.2, -0.15) is 0 Å². The van der Waals surface area contributed by atoms with Crippen LogP contribution in [-0.2, 0) is 0 Å². The van der Waals surface area contributed by atoms with Crippen molar-refractivity contribution >= 4 is 44.2 Å². The smallest absolute Gasteiger partial charge is 0.185 e. The second kappa shape index (κ2) is 46.6. The van der Waals surface area contributed by atoms with Gasteiger partial charge in [0, 0.05) is 5.56 Å². The van der Waals surface area contributed by atoms with Gasteiger partial charge >= 0.3 is 0 Å². The molecule has 5 aliphatic rings. The molecule has 10 aromatic carbocycles. The summed E-state index contributed by atoms with van der Waals surface area (Å²) in [5, 5.41) is 8.08. The Labute approximate surface area is 749 Å². The highest BCUT2D eigenvalue weighted by Crippen LogP contribution is 2.47. The first kappa shape index (κ1) is 101. The number of allylic oxidation sites excluding steroid dienone is 1. The molecule has 0 aliphatic heterocycles. The molecule has 0 N–H and O–H groups in total. The molecule has 0 radical (unpaired) electrons. The fourth-order valence-corrected chi connectivity index (χ4v) is 19.9. The van der Waals surface area contributed by atoms with E-state index in [0.717, 1.165) is 123 Å². The van der Waals surface area contributed by atoms with Gasteiger partial charge in [0.1, 0.15) is 0 Å². The lowest BCUT2D eigenvalue weighted by Crippen LogP contribution is -2.39. The van der Waals surface area contributed by atoms with Crippen molar-refractivity contribution in [1.29, 1.82) is 0 Å². The molecule has 0 amide bonds. The number of benzene rings is 10. The van der Waals surface area contributed by atoms with Crippen LogP contribution >= 0.6 is 0 Å². The van der Waals surface area contributed by atoms with Crippen LogP contribution in [0.1, 0.15) is 302 Å². The summed E-state index contributed by atoms with van der Waals surface area (Å²) in [4.78, 5) is 12.1. The summed E-state index contributed by atoms with van der Waals surface area (Å²) in [7, 11) is 0. The van der Waals surface area contributed by atoms with Crippen molar-refractivity contribution in [3.63, 3.8) is 0 Å². The molecule has 1 heteroatoms. The average Bonchev–Trinajstić information content (AvgIpc) is 0.821. The molecule has 0 saturated heterocycles. The minimum atomic E-state index is 0.0475. The van der Waals surface area contributed by atoms with E-state index in [2.05, 4.69) is 364 Å². The molecule has 0 bridgehead atoms. The van der Waals surface area contributed by atoms with Crippen LogP contribution < -0.4 is 0 Å². The third kappa shape index (κ3) is 28.5. The topological polar surface area (TPSA) is 17.1 Å². The van der Waals surface area contributed by atoms with Crippen LogP contribution in [0.3, 0.4) is 0 Å². The van der Waals surface area contributed by atoms with E-state index in [0.29, 0.717) is 0 Å². The van der Waals surface area contributed by atoms with E-state index in [-0.39, 0.29) is 5.78 Å². The van der Waals surface area contributed by atoms with Crippen LogP contribution in [0.15, 0.2) is 152 Å². The van der Waals surface area contributed by atoms with Crippen LogP contribution in [-0.4, -0.2) is 5.78 Å². The summed E-state index contributed by atoms with van der Waals surface area (Å²) in [6.45, 7) is 81.3. The Kier molecular flexibility index (Phi) is 38.7. The van der Waals surface area contributed by atoms with Gasteiger partial charge in [-0.1, -0.05) is 264 Å². The van der Waals surface area contributed by atoms with Gasteiger partial charge in [-0.05, 0) is 474 Å². The number of hydrogen-bond donors (Lipinski definition) is 0. The van der Waals surface area contributed by atoms with Crippen molar-refractivity contribution < 1.29 is 4.79 Å². The van der Waals surface area contributed by atoms with Crippen LogP contribution in [0.5, 0.6) is 0 Å². The Morgan fingerprint density at radius 1 is 0.246 bits per heavy atom. The predicted octanol–water partition coefficient (Wildman–Crippen LogP) is 35.9. The quantitative estimate of drug-likeness (QED) is 0.0921. The van der Waals surface area contributed by atoms with E-state index >= 15 is 0 Å². The average molecular weight is 1640 g/mol. The van der Waals surface area contributed by atoms with E-state index in [1.165, 1.54) is 213 Å². The number of aryl methyl sites for hydroxylation is 20. The van der Waals surface area contributed by atoms with Gasteiger partial charge in [0.2, 0.25) is 0 Å². The van der Waals surface area contributed by atoms with Crippen molar-refractivity contribution in [2.75, 3.05) is 0 Å². The maximum Gasteiger partial charge on any atom is 0.185 e. The Bertz CT molecular complexity index is 4680. The van der Waals surface area contributed by atoms with Gasteiger partial charge < -0.3 is 0 Å². The normalized spacial score (nSPS) is 25.1. The van der Waals surface area contributed by atoms with Gasteiger partial charge in [0.25, 0.3) is 0 Å². The first-order valence-electron chi connectivity index (χ1n) is 48.2. The number of carbonyl (C=O) groups is 1. The van der Waals surface area contributed by atoms with Crippen molar-refractivity contribution in [2.45, 2.75) is 313 Å². The van der Waals surface area contributed by atoms with Gasteiger partial charge in [0.15, 0.2) is 5.78 Å². The summed E-state index contributed by atoms with van der Waals surface area (Å²) >= 11 is 0. The number of carbonyl (C=O) groups excluding carboxylic acids is 1. The Balaban J connectivity index is 0.000000191. The van der Waals surface area contributed by atoms with Crippen LogP contribution in [0.25, 0.3) is 49.5 Å². The molecule has 14 unspecified atom stereocenters. The van der Waals surface area contributed by atoms with Gasteiger partial charge in [-0.15, -0.1) is 0 Å². The maximum absolute atomic E-state index is 12.1. The molecule has 10 aromatic rings. The van der Waals surface area contributed by atoms with E-state index < -0.39 is 0 Å². The lowest BCUT2D eigenvalue weighted by atomic mass is 9.60. The number of rotatable bonds is 6. The number of hydrogen-bond acceptors (Lipinski definition) is 1. The van der Waals surface area contributed by atoms with E-state index in [4.69, 9.17) is 0 Å². The maximum atomic E-state index is 12.1. The second-order valence-corrected chi connectivity index (χ2v) is 41.6. The Morgan fingerprint density at radius 3 is 0.779 bits per heavy atom. The van der Waals surface area contributed by atoms with Crippen molar-refractivity contribution in [3.05, 3.63) is 274 Å². The fourth-order valence-electron chi connectivity index (χ4n) is 19.9. The second-order valence-electron chi connectivity index (χ2n) is 41.6. The summed E-state index contributed by atoms with van der Waals surface area (Å²) in [6.07, 6.45) is 18.3. The Morgan fingerprint density at radius 2 is 0.508 bits per heavy atom. The minimum absolute atomic E-state index is 0.0475. The molecule has 15 rings (SSSR count). The largest absolute Gasteiger partial charge is 0.289 e. The van der Waals surface area contributed by atoms with Gasteiger partial charge in [-0.3, -0.25) is 4.79 Å². The highest BCUT2D eigenvalue weighted by molar-refractivity contribution is 6.07. The molecule has 0 heterocycles. The summed E-state index contributed by atoms with van der Waals surface area (Å²) < 4.78 is 0. The van der Waals surface area contributed by atoms with Crippen LogP contribution in [0, 0.1) is 245 Å². The van der Waals surface area contributed by atoms with Crippen LogP contribution in [0.4, 0.5) is 0 Å². The van der Waals surface area contributed by atoms with E-state index in [1.807, 2.05) is 37.3 Å².